The van der Waals surface area contributed by atoms with Gasteiger partial charge in [-0.25, -0.2) is 4.98 Å². The SMILES string of the molecule is CCOc1nc(N2CCNCC2)c2sc3nc(-c4ccc(C(F)(F)F)cc4)cc(C)c3c2n1. The van der Waals surface area contributed by atoms with Gasteiger partial charge >= 0.3 is 12.2 Å². The van der Waals surface area contributed by atoms with Crippen molar-refractivity contribution >= 4 is 37.6 Å². The van der Waals surface area contributed by atoms with E-state index in [1.165, 1.54) is 23.5 Å². The summed E-state index contributed by atoms with van der Waals surface area (Å²) >= 11 is 1.51. The third-order valence-corrected chi connectivity index (χ3v) is 6.71. The molecule has 1 aliphatic rings. The Morgan fingerprint density at radius 1 is 1.09 bits per heavy atom. The van der Waals surface area contributed by atoms with E-state index in [9.17, 15) is 13.2 Å². The van der Waals surface area contributed by atoms with Gasteiger partial charge < -0.3 is 15.0 Å². The number of nitrogens with zero attached hydrogens (tertiary/aromatic N) is 4. The number of thiophene rings is 1. The lowest BCUT2D eigenvalue weighted by Crippen LogP contribution is -2.44. The molecule has 0 atom stereocenters. The largest absolute Gasteiger partial charge is 0.464 e. The molecule has 4 aromatic rings. The van der Waals surface area contributed by atoms with Gasteiger partial charge in [-0.15, -0.1) is 11.3 Å². The summed E-state index contributed by atoms with van der Waals surface area (Å²) in [4.78, 5) is 17.2. The minimum absolute atomic E-state index is 0.337. The van der Waals surface area contributed by atoms with Crippen molar-refractivity contribution in [3.63, 3.8) is 0 Å². The molecular formula is C23H22F3N5OS. The van der Waals surface area contributed by atoms with Crippen LogP contribution in [-0.4, -0.2) is 47.7 Å². The van der Waals surface area contributed by atoms with E-state index < -0.39 is 11.7 Å². The van der Waals surface area contributed by atoms with Crippen LogP contribution in [0.5, 0.6) is 6.01 Å². The maximum absolute atomic E-state index is 12.9. The number of rotatable bonds is 4. The third kappa shape index (κ3) is 4.08. The zero-order chi connectivity index (χ0) is 23.2. The number of alkyl halides is 3. The molecule has 172 valence electrons. The number of halogens is 3. The average Bonchev–Trinajstić information content (AvgIpc) is 3.18. The second kappa shape index (κ2) is 8.42. The number of benzene rings is 1. The normalized spacial score (nSPS) is 14.9. The maximum atomic E-state index is 12.9. The van der Waals surface area contributed by atoms with Crippen LogP contribution >= 0.6 is 11.3 Å². The molecule has 1 aromatic carbocycles. The van der Waals surface area contributed by atoms with Crippen LogP contribution in [0.25, 0.3) is 31.7 Å². The van der Waals surface area contributed by atoms with Crippen LogP contribution in [0.3, 0.4) is 0 Å². The number of anilines is 1. The molecule has 1 aliphatic heterocycles. The highest BCUT2D eigenvalue weighted by Crippen LogP contribution is 2.41. The van der Waals surface area contributed by atoms with E-state index in [-0.39, 0.29) is 0 Å². The van der Waals surface area contributed by atoms with Gasteiger partial charge in [0.2, 0.25) is 0 Å². The molecule has 10 heteroatoms. The summed E-state index contributed by atoms with van der Waals surface area (Å²) in [6.07, 6.45) is -4.37. The number of fused-ring (bicyclic) bond motifs is 3. The molecule has 1 N–H and O–H groups in total. The standard InChI is InChI=1S/C23H22F3N5OS/c1-3-32-22-29-18-17-13(2)12-16(14-4-6-15(7-5-14)23(24,25)26)28-21(17)33-19(18)20(30-22)31-10-8-27-9-11-31/h4-7,12,27H,3,8-11H2,1-2H3. The smallest absolute Gasteiger partial charge is 0.416 e. The first kappa shape index (κ1) is 21.8. The van der Waals surface area contributed by atoms with Gasteiger partial charge in [0, 0.05) is 37.1 Å². The van der Waals surface area contributed by atoms with Crippen LogP contribution in [0.4, 0.5) is 19.0 Å². The molecule has 33 heavy (non-hydrogen) atoms. The summed E-state index contributed by atoms with van der Waals surface area (Å²) < 4.78 is 45.4. The Morgan fingerprint density at radius 2 is 1.82 bits per heavy atom. The number of piperazine rings is 1. The van der Waals surface area contributed by atoms with E-state index in [1.807, 2.05) is 19.9 Å². The van der Waals surface area contributed by atoms with E-state index in [2.05, 4.69) is 15.2 Å². The zero-order valence-corrected chi connectivity index (χ0v) is 19.0. The van der Waals surface area contributed by atoms with Crippen LogP contribution in [0.1, 0.15) is 18.1 Å². The van der Waals surface area contributed by atoms with E-state index in [0.29, 0.717) is 23.9 Å². The monoisotopic (exact) mass is 473 g/mol. The van der Waals surface area contributed by atoms with Crippen molar-refractivity contribution < 1.29 is 17.9 Å². The number of hydrogen-bond acceptors (Lipinski definition) is 7. The predicted molar refractivity (Wildman–Crippen MR) is 124 cm³/mol. The number of aromatic nitrogens is 3. The second-order valence-electron chi connectivity index (χ2n) is 7.86. The number of nitrogens with one attached hydrogen (secondary N) is 1. The van der Waals surface area contributed by atoms with Gasteiger partial charge in [0.05, 0.1) is 22.6 Å². The lowest BCUT2D eigenvalue weighted by Gasteiger charge is -2.28. The number of hydrogen-bond donors (Lipinski definition) is 1. The van der Waals surface area contributed by atoms with Crippen molar-refractivity contribution in [1.29, 1.82) is 0 Å². The Balaban J connectivity index is 1.66. The van der Waals surface area contributed by atoms with Gasteiger partial charge in [0.25, 0.3) is 0 Å². The summed E-state index contributed by atoms with van der Waals surface area (Å²) in [5.74, 6) is 0.837. The molecule has 1 fully saturated rings. The fourth-order valence-corrected chi connectivity index (χ4v) is 5.25. The number of pyridine rings is 1. The summed E-state index contributed by atoms with van der Waals surface area (Å²) in [5.41, 5.74) is 2.33. The quantitative estimate of drug-likeness (QED) is 0.448. The fourth-order valence-electron chi connectivity index (χ4n) is 4.05. The van der Waals surface area contributed by atoms with Crippen molar-refractivity contribution in [3.8, 4) is 17.3 Å². The molecule has 0 bridgehead atoms. The molecule has 5 rings (SSSR count). The van der Waals surface area contributed by atoms with E-state index >= 15 is 0 Å². The van der Waals surface area contributed by atoms with Crippen molar-refractivity contribution in [2.45, 2.75) is 20.0 Å². The predicted octanol–water partition coefficient (Wildman–Crippen LogP) is 5.04. The Kier molecular flexibility index (Phi) is 5.57. The Hall–Kier alpha value is -2.98. The second-order valence-corrected chi connectivity index (χ2v) is 8.86. The van der Waals surface area contributed by atoms with Crippen LogP contribution < -0.4 is 15.0 Å². The molecule has 6 nitrogen and oxygen atoms in total. The molecule has 0 amide bonds. The van der Waals surface area contributed by atoms with Crippen LogP contribution in [-0.2, 0) is 6.18 Å². The van der Waals surface area contributed by atoms with Crippen molar-refractivity contribution in [2.24, 2.45) is 0 Å². The molecule has 0 aliphatic carbocycles. The first-order valence-corrected chi connectivity index (χ1v) is 11.5. The number of ether oxygens (including phenoxy) is 1. The van der Waals surface area contributed by atoms with Gasteiger partial charge in [0.1, 0.15) is 10.3 Å². The summed E-state index contributed by atoms with van der Waals surface area (Å²) in [6, 6.07) is 7.33. The minimum Gasteiger partial charge on any atom is -0.464 e. The van der Waals surface area contributed by atoms with E-state index in [0.717, 1.165) is 70.1 Å². The first-order chi connectivity index (χ1) is 15.8. The average molecular weight is 474 g/mol. The zero-order valence-electron chi connectivity index (χ0n) is 18.2. The van der Waals surface area contributed by atoms with Crippen molar-refractivity contribution in [3.05, 3.63) is 41.5 Å². The van der Waals surface area contributed by atoms with E-state index in [1.54, 1.807) is 0 Å². The first-order valence-electron chi connectivity index (χ1n) is 10.7. The van der Waals surface area contributed by atoms with Crippen LogP contribution in [0.2, 0.25) is 0 Å². The van der Waals surface area contributed by atoms with Crippen LogP contribution in [0, 0.1) is 6.92 Å². The molecule has 3 aromatic heterocycles. The molecular weight excluding hydrogens is 451 g/mol. The van der Waals surface area contributed by atoms with Crippen molar-refractivity contribution in [2.75, 3.05) is 37.7 Å². The molecule has 4 heterocycles. The molecule has 0 spiro atoms. The lowest BCUT2D eigenvalue weighted by molar-refractivity contribution is -0.137. The molecule has 0 unspecified atom stereocenters. The summed E-state index contributed by atoms with van der Waals surface area (Å²) in [6.45, 7) is 7.73. The van der Waals surface area contributed by atoms with Gasteiger partial charge in [0.15, 0.2) is 5.82 Å². The summed E-state index contributed by atoms with van der Waals surface area (Å²) in [5, 5.41) is 4.27. The van der Waals surface area contributed by atoms with Gasteiger partial charge in [-0.05, 0) is 37.6 Å². The van der Waals surface area contributed by atoms with E-state index in [4.69, 9.17) is 14.7 Å². The Labute approximate surface area is 192 Å². The molecule has 0 saturated carbocycles. The number of aryl methyl sites for hydroxylation is 1. The maximum Gasteiger partial charge on any atom is 0.416 e. The lowest BCUT2D eigenvalue weighted by atomic mass is 10.1. The van der Waals surface area contributed by atoms with Gasteiger partial charge in [-0.1, -0.05) is 12.1 Å². The summed E-state index contributed by atoms with van der Waals surface area (Å²) in [7, 11) is 0. The molecule has 0 radical (unpaired) electrons. The Morgan fingerprint density at radius 3 is 2.48 bits per heavy atom. The highest BCUT2D eigenvalue weighted by molar-refractivity contribution is 7.26. The van der Waals surface area contributed by atoms with Crippen molar-refractivity contribution in [1.82, 2.24) is 20.3 Å². The minimum atomic E-state index is -4.37. The van der Waals surface area contributed by atoms with Gasteiger partial charge in [-0.3, -0.25) is 0 Å². The topological polar surface area (TPSA) is 63.2 Å². The Bertz CT molecular complexity index is 1310. The highest BCUT2D eigenvalue weighted by Gasteiger charge is 2.30. The fraction of sp³-hybridized carbons (Fsp3) is 0.348. The van der Waals surface area contributed by atoms with Gasteiger partial charge in [-0.2, -0.15) is 23.1 Å². The highest BCUT2D eigenvalue weighted by atomic mass is 32.1. The molecule has 1 saturated heterocycles. The third-order valence-electron chi connectivity index (χ3n) is 5.64. The van der Waals surface area contributed by atoms with Crippen LogP contribution in [0.15, 0.2) is 30.3 Å².